The normalized spacial score (nSPS) is 22.6. The second-order valence-electron chi connectivity index (χ2n) is 4.77. The molecule has 2 rings (SSSR count). The summed E-state index contributed by atoms with van der Waals surface area (Å²) in [6.07, 6.45) is 3.58. The van der Waals surface area contributed by atoms with Gasteiger partial charge in [0, 0.05) is 36.3 Å². The van der Waals surface area contributed by atoms with Crippen LogP contribution in [-0.2, 0) is 11.3 Å². The lowest BCUT2D eigenvalue weighted by Gasteiger charge is -2.19. The van der Waals surface area contributed by atoms with E-state index in [1.807, 2.05) is 6.07 Å². The van der Waals surface area contributed by atoms with E-state index in [9.17, 15) is 10.1 Å². The molecule has 1 N–H and O–H groups in total. The zero-order valence-electron chi connectivity index (χ0n) is 10.8. The number of nitro benzene ring substituents is 1. The molecule has 1 fully saturated rings. The van der Waals surface area contributed by atoms with Crippen molar-refractivity contribution in [3.63, 3.8) is 0 Å². The van der Waals surface area contributed by atoms with Gasteiger partial charge >= 0.3 is 0 Å². The Bertz CT molecular complexity index is 467. The van der Waals surface area contributed by atoms with Crippen molar-refractivity contribution in [2.45, 2.75) is 38.0 Å². The van der Waals surface area contributed by atoms with Crippen molar-refractivity contribution in [1.82, 2.24) is 5.32 Å². The number of halogens is 1. The number of ether oxygens (including phenoxy) is 1. The van der Waals surface area contributed by atoms with Crippen molar-refractivity contribution in [3.8, 4) is 0 Å². The molecule has 0 heterocycles. The number of nitrogens with one attached hydrogen (secondary N) is 1. The molecule has 19 heavy (non-hydrogen) atoms. The molecule has 6 heteroatoms. The Hall–Kier alpha value is -0.980. The molecule has 2 atom stereocenters. The van der Waals surface area contributed by atoms with E-state index in [4.69, 9.17) is 4.74 Å². The van der Waals surface area contributed by atoms with Gasteiger partial charge in [-0.25, -0.2) is 0 Å². The van der Waals surface area contributed by atoms with Crippen LogP contribution in [0.15, 0.2) is 22.7 Å². The molecule has 1 aromatic rings. The summed E-state index contributed by atoms with van der Waals surface area (Å²) in [4.78, 5) is 10.4. The third-order valence-corrected chi connectivity index (χ3v) is 3.93. The maximum atomic E-state index is 10.8. The topological polar surface area (TPSA) is 64.4 Å². The van der Waals surface area contributed by atoms with Crippen molar-refractivity contribution in [1.29, 1.82) is 0 Å². The standard InChI is InChI=1S/C13H17BrN2O3/c1-19-13-4-2-3-12(13)15-8-9-5-10(14)7-11(6-9)16(17)18/h5-7,12-13,15H,2-4,8H2,1H3. The predicted octanol–water partition coefficient (Wildman–Crippen LogP) is 3.01. The maximum absolute atomic E-state index is 10.8. The highest BCUT2D eigenvalue weighted by molar-refractivity contribution is 9.10. The van der Waals surface area contributed by atoms with Crippen LogP contribution in [0.1, 0.15) is 24.8 Å². The minimum atomic E-state index is -0.373. The van der Waals surface area contributed by atoms with Gasteiger partial charge in [0.25, 0.3) is 5.69 Å². The van der Waals surface area contributed by atoms with E-state index >= 15 is 0 Å². The van der Waals surface area contributed by atoms with Crippen LogP contribution in [0.3, 0.4) is 0 Å². The van der Waals surface area contributed by atoms with Gasteiger partial charge in [0.05, 0.1) is 11.0 Å². The average molecular weight is 329 g/mol. The van der Waals surface area contributed by atoms with Crippen LogP contribution in [0, 0.1) is 10.1 Å². The second kappa shape index (κ2) is 6.45. The molecule has 1 saturated carbocycles. The molecular weight excluding hydrogens is 312 g/mol. The van der Waals surface area contributed by atoms with Crippen LogP contribution in [0.5, 0.6) is 0 Å². The molecule has 1 aliphatic carbocycles. The molecule has 5 nitrogen and oxygen atoms in total. The van der Waals surface area contributed by atoms with E-state index < -0.39 is 0 Å². The Kier molecular flexibility index (Phi) is 4.90. The van der Waals surface area contributed by atoms with Crippen molar-refractivity contribution in [2.24, 2.45) is 0 Å². The predicted molar refractivity (Wildman–Crippen MR) is 76.1 cm³/mol. The van der Waals surface area contributed by atoms with Gasteiger partial charge in [-0.2, -0.15) is 0 Å². The summed E-state index contributed by atoms with van der Waals surface area (Å²) in [5.41, 5.74) is 1.02. The number of nitro groups is 1. The van der Waals surface area contributed by atoms with Gasteiger partial charge in [-0.05, 0) is 30.9 Å². The van der Waals surface area contributed by atoms with Crippen molar-refractivity contribution in [3.05, 3.63) is 38.3 Å². The van der Waals surface area contributed by atoms with E-state index in [0.29, 0.717) is 12.6 Å². The fourth-order valence-electron chi connectivity index (χ4n) is 2.53. The lowest BCUT2D eigenvalue weighted by atomic mass is 10.1. The minimum Gasteiger partial charge on any atom is -0.380 e. The van der Waals surface area contributed by atoms with Crippen LogP contribution in [0.4, 0.5) is 5.69 Å². The van der Waals surface area contributed by atoms with Gasteiger partial charge < -0.3 is 10.1 Å². The summed E-state index contributed by atoms with van der Waals surface area (Å²) in [6, 6.07) is 5.35. The zero-order valence-corrected chi connectivity index (χ0v) is 12.4. The summed E-state index contributed by atoms with van der Waals surface area (Å²) in [6.45, 7) is 0.616. The second-order valence-corrected chi connectivity index (χ2v) is 5.68. The van der Waals surface area contributed by atoms with Crippen LogP contribution in [-0.4, -0.2) is 24.2 Å². The van der Waals surface area contributed by atoms with E-state index in [0.717, 1.165) is 29.3 Å². The highest BCUT2D eigenvalue weighted by Crippen LogP contribution is 2.24. The first kappa shape index (κ1) is 14.4. The molecule has 104 valence electrons. The number of rotatable bonds is 5. The molecule has 0 bridgehead atoms. The number of methoxy groups -OCH3 is 1. The van der Waals surface area contributed by atoms with Crippen molar-refractivity contribution < 1.29 is 9.66 Å². The summed E-state index contributed by atoms with van der Waals surface area (Å²) in [5.74, 6) is 0. The Balaban J connectivity index is 2.01. The first-order valence-corrected chi connectivity index (χ1v) is 7.09. The molecule has 1 aliphatic rings. The van der Waals surface area contributed by atoms with Crippen LogP contribution >= 0.6 is 15.9 Å². The molecule has 0 spiro atoms. The van der Waals surface area contributed by atoms with E-state index in [-0.39, 0.29) is 16.7 Å². The Morgan fingerprint density at radius 3 is 2.95 bits per heavy atom. The lowest BCUT2D eigenvalue weighted by Crippen LogP contribution is -2.36. The molecule has 0 saturated heterocycles. The molecule has 2 unspecified atom stereocenters. The smallest absolute Gasteiger partial charge is 0.270 e. The third kappa shape index (κ3) is 3.75. The van der Waals surface area contributed by atoms with Gasteiger partial charge in [-0.3, -0.25) is 10.1 Å². The van der Waals surface area contributed by atoms with Crippen LogP contribution < -0.4 is 5.32 Å². The first-order chi connectivity index (χ1) is 9.10. The van der Waals surface area contributed by atoms with Gasteiger partial charge in [0.2, 0.25) is 0 Å². The number of nitrogens with zero attached hydrogens (tertiary/aromatic N) is 1. The number of hydrogen-bond acceptors (Lipinski definition) is 4. The van der Waals surface area contributed by atoms with E-state index in [2.05, 4.69) is 21.2 Å². The zero-order chi connectivity index (χ0) is 13.8. The molecular formula is C13H17BrN2O3. The van der Waals surface area contributed by atoms with Gasteiger partial charge in [-0.1, -0.05) is 15.9 Å². The SMILES string of the molecule is COC1CCCC1NCc1cc(Br)cc([N+](=O)[O-])c1. The number of benzene rings is 1. The third-order valence-electron chi connectivity index (χ3n) is 3.48. The number of non-ortho nitro benzene ring substituents is 1. The number of hydrogen-bond donors (Lipinski definition) is 1. The van der Waals surface area contributed by atoms with E-state index in [1.54, 1.807) is 13.2 Å². The van der Waals surface area contributed by atoms with Gasteiger partial charge in [0.15, 0.2) is 0 Å². The summed E-state index contributed by atoms with van der Waals surface area (Å²) < 4.78 is 6.15. The van der Waals surface area contributed by atoms with Gasteiger partial charge in [-0.15, -0.1) is 0 Å². The monoisotopic (exact) mass is 328 g/mol. The minimum absolute atomic E-state index is 0.112. The maximum Gasteiger partial charge on any atom is 0.270 e. The van der Waals surface area contributed by atoms with Gasteiger partial charge in [0.1, 0.15) is 0 Å². The Labute approximate surface area is 120 Å². The molecule has 0 amide bonds. The average Bonchev–Trinajstić information content (AvgIpc) is 2.83. The quantitative estimate of drug-likeness (QED) is 0.666. The summed E-state index contributed by atoms with van der Waals surface area (Å²) in [7, 11) is 1.73. The highest BCUT2D eigenvalue weighted by atomic mass is 79.9. The van der Waals surface area contributed by atoms with E-state index in [1.165, 1.54) is 6.07 Å². The molecule has 0 radical (unpaired) electrons. The molecule has 0 aliphatic heterocycles. The summed E-state index contributed by atoms with van der Waals surface area (Å²) >= 11 is 3.30. The lowest BCUT2D eigenvalue weighted by molar-refractivity contribution is -0.385. The Morgan fingerprint density at radius 2 is 2.26 bits per heavy atom. The molecule has 0 aromatic heterocycles. The van der Waals surface area contributed by atoms with Crippen molar-refractivity contribution in [2.75, 3.05) is 7.11 Å². The first-order valence-electron chi connectivity index (χ1n) is 6.30. The van der Waals surface area contributed by atoms with Crippen LogP contribution in [0.2, 0.25) is 0 Å². The fourth-order valence-corrected chi connectivity index (χ4v) is 3.06. The Morgan fingerprint density at radius 1 is 1.47 bits per heavy atom. The fraction of sp³-hybridized carbons (Fsp3) is 0.538. The summed E-state index contributed by atoms with van der Waals surface area (Å²) in [5, 5.41) is 14.2. The van der Waals surface area contributed by atoms with Crippen LogP contribution in [0.25, 0.3) is 0 Å². The largest absolute Gasteiger partial charge is 0.380 e. The highest BCUT2D eigenvalue weighted by Gasteiger charge is 2.26. The molecule has 1 aromatic carbocycles. The van der Waals surface area contributed by atoms with Crippen molar-refractivity contribution >= 4 is 21.6 Å².